The Kier molecular flexibility index (Phi) is 4.34. The highest BCUT2D eigenvalue weighted by Crippen LogP contribution is 2.44. The van der Waals surface area contributed by atoms with Crippen LogP contribution in [0.3, 0.4) is 0 Å². The lowest BCUT2D eigenvalue weighted by Gasteiger charge is -2.39. The number of rotatable bonds is 3. The van der Waals surface area contributed by atoms with Crippen LogP contribution < -0.4 is 0 Å². The van der Waals surface area contributed by atoms with Crippen LogP contribution in [0.25, 0.3) is 0 Å². The van der Waals surface area contributed by atoms with Gasteiger partial charge < -0.3 is 0 Å². The Morgan fingerprint density at radius 1 is 1.24 bits per heavy atom. The molecule has 3 heteroatoms. The number of carbonyl (C=O) groups is 1. The SMILES string of the molecule is N#CC(C(=O)C1CCC2CCCCC2C1)c1cccnc1. The predicted octanol–water partition coefficient (Wildman–Crippen LogP) is 3.86. The van der Waals surface area contributed by atoms with Gasteiger partial charge in [0.25, 0.3) is 0 Å². The van der Waals surface area contributed by atoms with Crippen molar-refractivity contribution in [1.82, 2.24) is 4.98 Å². The fourth-order valence-electron chi connectivity index (χ4n) is 4.22. The predicted molar refractivity (Wildman–Crippen MR) is 80.4 cm³/mol. The van der Waals surface area contributed by atoms with E-state index in [0.717, 1.165) is 30.2 Å². The monoisotopic (exact) mass is 282 g/mol. The summed E-state index contributed by atoms with van der Waals surface area (Å²) in [7, 11) is 0. The maximum atomic E-state index is 12.8. The van der Waals surface area contributed by atoms with E-state index in [4.69, 9.17) is 0 Å². The van der Waals surface area contributed by atoms with E-state index in [0.29, 0.717) is 0 Å². The molecule has 0 saturated heterocycles. The Balaban J connectivity index is 1.71. The van der Waals surface area contributed by atoms with Gasteiger partial charge in [-0.2, -0.15) is 5.26 Å². The van der Waals surface area contributed by atoms with Gasteiger partial charge >= 0.3 is 0 Å². The van der Waals surface area contributed by atoms with Crippen LogP contribution in [0.2, 0.25) is 0 Å². The third-order valence-corrected chi connectivity index (χ3v) is 5.37. The van der Waals surface area contributed by atoms with Gasteiger partial charge in [0.2, 0.25) is 0 Å². The molecule has 0 amide bonds. The van der Waals surface area contributed by atoms with E-state index in [1.165, 1.54) is 32.1 Å². The van der Waals surface area contributed by atoms with Gasteiger partial charge in [0.1, 0.15) is 5.92 Å². The number of hydrogen-bond acceptors (Lipinski definition) is 3. The Morgan fingerprint density at radius 2 is 2.05 bits per heavy atom. The zero-order chi connectivity index (χ0) is 14.7. The van der Waals surface area contributed by atoms with E-state index >= 15 is 0 Å². The molecule has 4 atom stereocenters. The van der Waals surface area contributed by atoms with Crippen molar-refractivity contribution >= 4 is 5.78 Å². The fraction of sp³-hybridized carbons (Fsp3) is 0.611. The molecule has 4 unspecified atom stereocenters. The molecule has 110 valence electrons. The van der Waals surface area contributed by atoms with Crippen molar-refractivity contribution in [1.29, 1.82) is 5.26 Å². The molecule has 2 aliphatic carbocycles. The molecule has 0 radical (unpaired) electrons. The standard InChI is InChI=1S/C18H22N2O/c19-11-17(16-6-3-9-20-12-16)18(21)15-8-7-13-4-1-2-5-14(13)10-15/h3,6,9,12-15,17H,1-2,4-5,7-8,10H2. The van der Waals surface area contributed by atoms with Gasteiger partial charge in [-0.15, -0.1) is 0 Å². The van der Waals surface area contributed by atoms with Crippen molar-refractivity contribution < 1.29 is 4.79 Å². The number of aromatic nitrogens is 1. The lowest BCUT2D eigenvalue weighted by Crippen LogP contribution is -2.33. The Hall–Kier alpha value is -1.69. The Labute approximate surface area is 126 Å². The first-order valence-electron chi connectivity index (χ1n) is 8.13. The molecule has 1 aromatic rings. The molecule has 0 spiro atoms. The highest BCUT2D eigenvalue weighted by molar-refractivity contribution is 5.90. The minimum Gasteiger partial charge on any atom is -0.298 e. The molecule has 2 saturated carbocycles. The van der Waals surface area contributed by atoms with E-state index in [2.05, 4.69) is 11.1 Å². The summed E-state index contributed by atoms with van der Waals surface area (Å²) in [5.41, 5.74) is 0.746. The largest absolute Gasteiger partial charge is 0.298 e. The number of pyridine rings is 1. The summed E-state index contributed by atoms with van der Waals surface area (Å²) >= 11 is 0. The lowest BCUT2D eigenvalue weighted by molar-refractivity contribution is -0.125. The van der Waals surface area contributed by atoms with Crippen molar-refractivity contribution in [2.75, 3.05) is 0 Å². The van der Waals surface area contributed by atoms with Crippen LogP contribution in [0.15, 0.2) is 24.5 Å². The lowest BCUT2D eigenvalue weighted by atomic mass is 9.65. The highest BCUT2D eigenvalue weighted by Gasteiger charge is 2.37. The zero-order valence-electron chi connectivity index (χ0n) is 12.4. The summed E-state index contributed by atoms with van der Waals surface area (Å²) in [6.07, 6.45) is 11.8. The van der Waals surface area contributed by atoms with Crippen molar-refractivity contribution in [2.45, 2.75) is 50.9 Å². The number of fused-ring (bicyclic) bond motifs is 1. The van der Waals surface area contributed by atoms with Crippen LogP contribution in [0.4, 0.5) is 0 Å². The molecule has 0 bridgehead atoms. The van der Waals surface area contributed by atoms with Gasteiger partial charge in [-0.1, -0.05) is 31.7 Å². The van der Waals surface area contributed by atoms with Gasteiger partial charge in [-0.25, -0.2) is 0 Å². The number of nitrogens with zero attached hydrogens (tertiary/aromatic N) is 2. The molecular weight excluding hydrogens is 260 g/mol. The molecule has 2 aliphatic rings. The minimum absolute atomic E-state index is 0.0780. The highest BCUT2D eigenvalue weighted by atomic mass is 16.1. The molecule has 2 fully saturated rings. The molecule has 1 aromatic heterocycles. The van der Waals surface area contributed by atoms with Crippen molar-refractivity contribution in [3.05, 3.63) is 30.1 Å². The summed E-state index contributed by atoms with van der Waals surface area (Å²) in [6.45, 7) is 0. The second kappa shape index (κ2) is 6.39. The molecular formula is C18H22N2O. The number of carbonyl (C=O) groups excluding carboxylic acids is 1. The van der Waals surface area contributed by atoms with E-state index < -0.39 is 5.92 Å². The van der Waals surface area contributed by atoms with Crippen LogP contribution in [0.5, 0.6) is 0 Å². The second-order valence-corrected chi connectivity index (χ2v) is 6.57. The maximum Gasteiger partial charge on any atom is 0.157 e. The summed E-state index contributed by atoms with van der Waals surface area (Å²) in [4.78, 5) is 16.8. The van der Waals surface area contributed by atoms with Gasteiger partial charge in [0.15, 0.2) is 5.78 Å². The number of nitriles is 1. The molecule has 0 aromatic carbocycles. The van der Waals surface area contributed by atoms with Crippen LogP contribution in [-0.4, -0.2) is 10.8 Å². The van der Waals surface area contributed by atoms with Gasteiger partial charge in [0.05, 0.1) is 6.07 Å². The molecule has 1 heterocycles. The average Bonchev–Trinajstić information content (AvgIpc) is 2.56. The van der Waals surface area contributed by atoms with Crippen molar-refractivity contribution in [2.24, 2.45) is 17.8 Å². The van der Waals surface area contributed by atoms with E-state index in [-0.39, 0.29) is 11.7 Å². The summed E-state index contributed by atoms with van der Waals surface area (Å²) in [5, 5.41) is 9.41. The van der Waals surface area contributed by atoms with E-state index in [1.807, 2.05) is 6.07 Å². The van der Waals surface area contributed by atoms with E-state index in [1.54, 1.807) is 18.5 Å². The van der Waals surface area contributed by atoms with Crippen LogP contribution in [0, 0.1) is 29.1 Å². The minimum atomic E-state index is -0.635. The topological polar surface area (TPSA) is 53.8 Å². The van der Waals surface area contributed by atoms with Crippen LogP contribution in [0.1, 0.15) is 56.4 Å². The van der Waals surface area contributed by atoms with Crippen molar-refractivity contribution in [3.8, 4) is 6.07 Å². The molecule has 3 nitrogen and oxygen atoms in total. The quantitative estimate of drug-likeness (QED) is 0.845. The summed E-state index contributed by atoms with van der Waals surface area (Å²) < 4.78 is 0. The maximum absolute atomic E-state index is 12.8. The van der Waals surface area contributed by atoms with E-state index in [9.17, 15) is 10.1 Å². The number of ketones is 1. The number of Topliss-reactive ketones (excluding diaryl/α,β-unsaturated/α-hetero) is 1. The second-order valence-electron chi connectivity index (χ2n) is 6.57. The first-order valence-corrected chi connectivity index (χ1v) is 8.13. The average molecular weight is 282 g/mol. The first-order chi connectivity index (χ1) is 10.3. The smallest absolute Gasteiger partial charge is 0.157 e. The number of hydrogen-bond donors (Lipinski definition) is 0. The molecule has 0 N–H and O–H groups in total. The Bertz CT molecular complexity index is 534. The van der Waals surface area contributed by atoms with Crippen LogP contribution >= 0.6 is 0 Å². The third-order valence-electron chi connectivity index (χ3n) is 5.37. The third kappa shape index (κ3) is 3.00. The Morgan fingerprint density at radius 3 is 2.76 bits per heavy atom. The van der Waals surface area contributed by atoms with Gasteiger partial charge in [-0.3, -0.25) is 9.78 Å². The fourth-order valence-corrected chi connectivity index (χ4v) is 4.22. The summed E-state index contributed by atoms with van der Waals surface area (Å²) in [5.74, 6) is 1.11. The van der Waals surface area contributed by atoms with Crippen molar-refractivity contribution in [3.63, 3.8) is 0 Å². The summed E-state index contributed by atoms with van der Waals surface area (Å²) in [6, 6.07) is 5.83. The van der Waals surface area contributed by atoms with Gasteiger partial charge in [-0.05, 0) is 42.7 Å². The van der Waals surface area contributed by atoms with Crippen LogP contribution in [-0.2, 0) is 4.79 Å². The molecule has 0 aliphatic heterocycles. The zero-order valence-corrected chi connectivity index (χ0v) is 12.4. The molecule has 3 rings (SSSR count). The van der Waals surface area contributed by atoms with Gasteiger partial charge in [0, 0.05) is 18.3 Å². The normalized spacial score (nSPS) is 30.0. The first kappa shape index (κ1) is 14.3. The molecule has 21 heavy (non-hydrogen) atoms.